The second-order valence-corrected chi connectivity index (χ2v) is 11.0. The summed E-state index contributed by atoms with van der Waals surface area (Å²) in [5.41, 5.74) is -0.873. The number of benzene rings is 2. The number of rotatable bonds is 11. The quantitative estimate of drug-likeness (QED) is 0.399. The Hall–Kier alpha value is -2.50. The van der Waals surface area contributed by atoms with Gasteiger partial charge in [0.25, 0.3) is 0 Å². The number of alkyl halides is 3. The van der Waals surface area contributed by atoms with Gasteiger partial charge in [0, 0.05) is 13.1 Å². The van der Waals surface area contributed by atoms with Crippen LogP contribution in [-0.2, 0) is 32.3 Å². The maximum atomic E-state index is 13.5. The van der Waals surface area contributed by atoms with E-state index < -0.39 is 46.2 Å². The van der Waals surface area contributed by atoms with E-state index in [1.807, 2.05) is 6.92 Å². The van der Waals surface area contributed by atoms with Crippen molar-refractivity contribution in [1.29, 1.82) is 0 Å². The van der Waals surface area contributed by atoms with Gasteiger partial charge in [-0.25, -0.2) is 8.42 Å². The average Bonchev–Trinajstić information content (AvgIpc) is 2.81. The van der Waals surface area contributed by atoms with Gasteiger partial charge in [-0.1, -0.05) is 49.2 Å². The van der Waals surface area contributed by atoms with Gasteiger partial charge in [0.1, 0.15) is 12.6 Å². The predicted molar refractivity (Wildman–Crippen MR) is 138 cm³/mol. The fraction of sp³-hybridized carbons (Fsp3) is 0.417. The zero-order chi connectivity index (χ0) is 28.0. The fourth-order valence-corrected chi connectivity index (χ4v) is 4.73. The van der Waals surface area contributed by atoms with Gasteiger partial charge >= 0.3 is 6.18 Å². The molecule has 0 bridgehead atoms. The van der Waals surface area contributed by atoms with E-state index in [4.69, 9.17) is 23.2 Å². The molecule has 0 aromatic heterocycles. The van der Waals surface area contributed by atoms with Crippen molar-refractivity contribution in [2.45, 2.75) is 45.5 Å². The molecule has 7 nitrogen and oxygen atoms in total. The van der Waals surface area contributed by atoms with E-state index in [1.54, 1.807) is 13.0 Å². The van der Waals surface area contributed by atoms with Gasteiger partial charge in [-0.3, -0.25) is 13.9 Å². The number of hydrogen-bond donors (Lipinski definition) is 1. The van der Waals surface area contributed by atoms with E-state index in [1.165, 1.54) is 17.0 Å². The van der Waals surface area contributed by atoms with Crippen molar-refractivity contribution < 1.29 is 31.2 Å². The van der Waals surface area contributed by atoms with Crippen molar-refractivity contribution in [3.8, 4) is 0 Å². The summed E-state index contributed by atoms with van der Waals surface area (Å²) in [7, 11) is -4.18. The number of hydrogen-bond acceptors (Lipinski definition) is 4. The highest BCUT2D eigenvalue weighted by atomic mass is 35.5. The van der Waals surface area contributed by atoms with Gasteiger partial charge in [0.05, 0.1) is 27.6 Å². The normalized spacial score (nSPS) is 12.6. The third-order valence-corrected chi connectivity index (χ3v) is 7.29. The van der Waals surface area contributed by atoms with E-state index >= 15 is 0 Å². The Morgan fingerprint density at radius 1 is 1.05 bits per heavy atom. The molecule has 1 N–H and O–H groups in total. The number of halogens is 5. The number of anilines is 1. The molecule has 0 heterocycles. The molecule has 13 heteroatoms. The molecule has 37 heavy (non-hydrogen) atoms. The lowest BCUT2D eigenvalue weighted by molar-refractivity contribution is -0.140. The molecule has 0 aliphatic carbocycles. The fourth-order valence-electron chi connectivity index (χ4n) is 3.57. The van der Waals surface area contributed by atoms with Gasteiger partial charge in [0.2, 0.25) is 21.8 Å². The second-order valence-electron chi connectivity index (χ2n) is 8.30. The van der Waals surface area contributed by atoms with Crippen LogP contribution in [0.25, 0.3) is 0 Å². The molecule has 0 fully saturated rings. The Morgan fingerprint density at radius 2 is 1.73 bits per heavy atom. The van der Waals surface area contributed by atoms with Crippen molar-refractivity contribution in [1.82, 2.24) is 10.2 Å². The number of carbonyl (C=O) groups is 2. The van der Waals surface area contributed by atoms with E-state index in [0.29, 0.717) is 28.9 Å². The number of sulfonamides is 1. The van der Waals surface area contributed by atoms with Crippen LogP contribution in [0.1, 0.15) is 37.8 Å². The van der Waals surface area contributed by atoms with Crippen LogP contribution in [-0.4, -0.2) is 50.5 Å². The van der Waals surface area contributed by atoms with Gasteiger partial charge in [-0.15, -0.1) is 0 Å². The summed E-state index contributed by atoms with van der Waals surface area (Å²) in [6.45, 7) is 2.97. The topological polar surface area (TPSA) is 86.8 Å². The summed E-state index contributed by atoms with van der Waals surface area (Å²) >= 11 is 12.1. The lowest BCUT2D eigenvalue weighted by atomic mass is 10.1. The summed E-state index contributed by atoms with van der Waals surface area (Å²) in [6.07, 6.45) is -3.08. The first-order valence-electron chi connectivity index (χ1n) is 11.3. The van der Waals surface area contributed by atoms with Gasteiger partial charge < -0.3 is 10.2 Å². The highest BCUT2D eigenvalue weighted by Gasteiger charge is 2.34. The Balaban J connectivity index is 2.50. The maximum absolute atomic E-state index is 13.5. The first-order valence-corrected chi connectivity index (χ1v) is 14.0. The van der Waals surface area contributed by atoms with Crippen LogP contribution >= 0.6 is 23.2 Å². The molecular formula is C24H28Cl2F3N3O4S. The molecule has 2 rings (SSSR count). The predicted octanol–water partition coefficient (Wildman–Crippen LogP) is 5.11. The molecule has 2 amide bonds. The maximum Gasteiger partial charge on any atom is 0.416 e. The standard InChI is InChI=1S/C24H28Cl2F3N3O4S/c1-4-11-30-23(34)21(5-2)31(14-16-9-10-19(25)20(26)12-16)22(33)15-32(37(3,35)36)18-8-6-7-17(13-18)24(27,28)29/h6-10,12-13,21H,4-5,11,14-15H2,1-3H3,(H,30,34). The summed E-state index contributed by atoms with van der Waals surface area (Å²) < 4.78 is 65.5. The van der Waals surface area contributed by atoms with Crippen LogP contribution in [0.15, 0.2) is 42.5 Å². The van der Waals surface area contributed by atoms with Crippen LogP contribution < -0.4 is 9.62 Å². The molecule has 0 saturated carbocycles. The summed E-state index contributed by atoms with van der Waals surface area (Å²) in [6, 6.07) is 7.34. The molecule has 0 aliphatic heterocycles. The zero-order valence-electron chi connectivity index (χ0n) is 20.5. The summed E-state index contributed by atoms with van der Waals surface area (Å²) in [5, 5.41) is 3.23. The molecule has 2 aromatic rings. The van der Waals surface area contributed by atoms with Crippen molar-refractivity contribution in [2.75, 3.05) is 23.7 Å². The van der Waals surface area contributed by atoms with E-state index in [9.17, 15) is 31.2 Å². The minimum atomic E-state index is -4.71. The third-order valence-electron chi connectivity index (χ3n) is 5.41. The molecule has 0 aliphatic rings. The molecular weight excluding hydrogens is 554 g/mol. The van der Waals surface area contributed by atoms with Gasteiger partial charge in [0.15, 0.2) is 0 Å². The molecule has 1 atom stereocenters. The molecule has 1 unspecified atom stereocenters. The lowest BCUT2D eigenvalue weighted by Crippen LogP contribution is -2.52. The van der Waals surface area contributed by atoms with Crippen LogP contribution in [0.4, 0.5) is 18.9 Å². The molecule has 204 valence electrons. The van der Waals surface area contributed by atoms with E-state index in [2.05, 4.69) is 5.32 Å². The van der Waals surface area contributed by atoms with Crippen molar-refractivity contribution >= 4 is 50.7 Å². The summed E-state index contributed by atoms with van der Waals surface area (Å²) in [4.78, 5) is 27.6. The third kappa shape index (κ3) is 8.51. The van der Waals surface area contributed by atoms with Crippen molar-refractivity contribution in [3.63, 3.8) is 0 Å². The van der Waals surface area contributed by atoms with Gasteiger partial charge in [-0.2, -0.15) is 13.2 Å². The minimum Gasteiger partial charge on any atom is -0.354 e. The highest BCUT2D eigenvalue weighted by Crippen LogP contribution is 2.32. The lowest BCUT2D eigenvalue weighted by Gasteiger charge is -2.33. The van der Waals surface area contributed by atoms with E-state index in [-0.39, 0.29) is 28.7 Å². The minimum absolute atomic E-state index is 0.117. The molecule has 0 spiro atoms. The number of nitrogens with one attached hydrogen (secondary N) is 1. The number of carbonyl (C=O) groups excluding carboxylic acids is 2. The Labute approximate surface area is 224 Å². The second kappa shape index (κ2) is 12.8. The Kier molecular flexibility index (Phi) is 10.7. The molecule has 2 aromatic carbocycles. The zero-order valence-corrected chi connectivity index (χ0v) is 22.8. The van der Waals surface area contributed by atoms with E-state index in [0.717, 1.165) is 24.5 Å². The first-order chi connectivity index (χ1) is 17.2. The number of amides is 2. The largest absolute Gasteiger partial charge is 0.416 e. The van der Waals surface area contributed by atoms with Gasteiger partial charge in [-0.05, 0) is 48.7 Å². The van der Waals surface area contributed by atoms with Crippen LogP contribution in [0.2, 0.25) is 10.0 Å². The average molecular weight is 582 g/mol. The monoisotopic (exact) mass is 581 g/mol. The van der Waals surface area contributed by atoms with Crippen LogP contribution in [0.5, 0.6) is 0 Å². The van der Waals surface area contributed by atoms with Crippen LogP contribution in [0, 0.1) is 0 Å². The number of nitrogens with zero attached hydrogens (tertiary/aromatic N) is 2. The Morgan fingerprint density at radius 3 is 2.27 bits per heavy atom. The van der Waals surface area contributed by atoms with Crippen molar-refractivity contribution in [2.24, 2.45) is 0 Å². The van der Waals surface area contributed by atoms with Crippen molar-refractivity contribution in [3.05, 3.63) is 63.6 Å². The smallest absolute Gasteiger partial charge is 0.354 e. The molecule has 0 saturated heterocycles. The van der Waals surface area contributed by atoms with Crippen LogP contribution in [0.3, 0.4) is 0 Å². The Bertz CT molecular complexity index is 1230. The molecule has 0 radical (unpaired) electrons. The summed E-state index contributed by atoms with van der Waals surface area (Å²) in [5.74, 6) is -1.23. The SMILES string of the molecule is CCCNC(=O)C(CC)N(Cc1ccc(Cl)c(Cl)c1)C(=O)CN(c1cccc(C(F)(F)F)c1)S(C)(=O)=O. The first kappa shape index (κ1) is 30.7. The highest BCUT2D eigenvalue weighted by molar-refractivity contribution is 7.92.